The number of nitrogens with zero attached hydrogens (tertiary/aromatic N) is 2. The van der Waals surface area contributed by atoms with Gasteiger partial charge in [0.2, 0.25) is 0 Å². The average molecular weight is 207 g/mol. The monoisotopic (exact) mass is 207 g/mol. The van der Waals surface area contributed by atoms with E-state index < -0.39 is 0 Å². The number of imidazole rings is 1. The van der Waals surface area contributed by atoms with Crippen molar-refractivity contribution in [3.05, 3.63) is 31.4 Å². The Bertz CT molecular complexity index is 266. The minimum atomic E-state index is 0.471. The van der Waals surface area contributed by atoms with Gasteiger partial charge in [-0.05, 0) is 26.7 Å². The van der Waals surface area contributed by atoms with Gasteiger partial charge in [-0.25, -0.2) is 4.98 Å². The Morgan fingerprint density at radius 3 is 2.87 bits per heavy atom. The van der Waals surface area contributed by atoms with Gasteiger partial charge in [-0.2, -0.15) is 0 Å². The summed E-state index contributed by atoms with van der Waals surface area (Å²) in [7, 11) is 0. The third-order valence-electron chi connectivity index (χ3n) is 2.42. The lowest BCUT2D eigenvalue weighted by atomic mass is 10.1. The molecule has 0 aliphatic heterocycles. The van der Waals surface area contributed by atoms with Crippen molar-refractivity contribution in [2.24, 2.45) is 0 Å². The van der Waals surface area contributed by atoms with E-state index in [0.717, 1.165) is 19.4 Å². The molecule has 0 fully saturated rings. The summed E-state index contributed by atoms with van der Waals surface area (Å²) < 4.78 is 2.10. The number of aromatic nitrogens is 2. The molecule has 84 valence electrons. The minimum absolute atomic E-state index is 0.471. The molecule has 1 heterocycles. The van der Waals surface area contributed by atoms with Gasteiger partial charge < -0.3 is 9.88 Å². The first kappa shape index (κ1) is 12.0. The molecule has 3 heteroatoms. The molecule has 0 amide bonds. The number of hydrogen-bond acceptors (Lipinski definition) is 2. The van der Waals surface area contributed by atoms with E-state index in [1.807, 2.05) is 24.8 Å². The van der Waals surface area contributed by atoms with Crippen molar-refractivity contribution in [1.29, 1.82) is 0 Å². The van der Waals surface area contributed by atoms with Gasteiger partial charge in [0, 0.05) is 31.0 Å². The van der Waals surface area contributed by atoms with Crippen molar-refractivity contribution < 1.29 is 0 Å². The predicted molar refractivity (Wildman–Crippen MR) is 63.7 cm³/mol. The van der Waals surface area contributed by atoms with Gasteiger partial charge in [0.05, 0.1) is 6.33 Å². The average Bonchev–Trinajstić information content (AvgIpc) is 2.67. The van der Waals surface area contributed by atoms with Crippen LogP contribution in [0.25, 0.3) is 0 Å². The molecule has 15 heavy (non-hydrogen) atoms. The van der Waals surface area contributed by atoms with Gasteiger partial charge in [0.1, 0.15) is 0 Å². The highest BCUT2D eigenvalue weighted by atomic mass is 15.1. The van der Waals surface area contributed by atoms with E-state index >= 15 is 0 Å². The molecule has 2 atom stereocenters. The molecule has 1 rings (SSSR count). The smallest absolute Gasteiger partial charge is 0.0946 e. The van der Waals surface area contributed by atoms with Gasteiger partial charge in [-0.3, -0.25) is 0 Å². The van der Waals surface area contributed by atoms with E-state index in [1.54, 1.807) is 0 Å². The highest BCUT2D eigenvalue weighted by Crippen LogP contribution is 2.00. The molecule has 1 aromatic rings. The van der Waals surface area contributed by atoms with Crippen LogP contribution in [0.15, 0.2) is 31.4 Å². The standard InChI is InChI=1S/C12H21N3/c1-4-5-6-11(2)14-12(3)9-15-8-7-13-10-15/h4,7-8,10-12,14H,1,5-6,9H2,2-3H3. The SMILES string of the molecule is C=CCCC(C)NC(C)Cn1ccnc1. The summed E-state index contributed by atoms with van der Waals surface area (Å²) in [5.41, 5.74) is 0. The largest absolute Gasteiger partial charge is 0.336 e. The first-order chi connectivity index (χ1) is 7.22. The van der Waals surface area contributed by atoms with Gasteiger partial charge >= 0.3 is 0 Å². The molecule has 2 unspecified atom stereocenters. The van der Waals surface area contributed by atoms with Gasteiger partial charge in [0.25, 0.3) is 0 Å². The Morgan fingerprint density at radius 2 is 2.27 bits per heavy atom. The van der Waals surface area contributed by atoms with Crippen LogP contribution in [0, 0.1) is 0 Å². The summed E-state index contributed by atoms with van der Waals surface area (Å²) in [5, 5.41) is 3.56. The second-order valence-corrected chi connectivity index (χ2v) is 4.09. The van der Waals surface area contributed by atoms with Crippen LogP contribution in [0.2, 0.25) is 0 Å². The zero-order valence-corrected chi connectivity index (χ0v) is 9.69. The Kier molecular flexibility index (Phi) is 5.12. The van der Waals surface area contributed by atoms with Crippen LogP contribution in [-0.2, 0) is 6.54 Å². The summed E-state index contributed by atoms with van der Waals surface area (Å²) in [6.07, 6.45) is 9.86. The molecular formula is C12H21N3. The van der Waals surface area contributed by atoms with Crippen molar-refractivity contribution in [3.8, 4) is 0 Å². The molecule has 0 radical (unpaired) electrons. The molecule has 0 saturated carbocycles. The Balaban J connectivity index is 2.23. The van der Waals surface area contributed by atoms with Crippen LogP contribution in [0.1, 0.15) is 26.7 Å². The van der Waals surface area contributed by atoms with Crippen LogP contribution in [-0.4, -0.2) is 21.6 Å². The number of rotatable bonds is 7. The zero-order chi connectivity index (χ0) is 11.1. The fourth-order valence-corrected chi connectivity index (χ4v) is 1.70. The van der Waals surface area contributed by atoms with E-state index in [-0.39, 0.29) is 0 Å². The molecule has 0 aromatic carbocycles. The van der Waals surface area contributed by atoms with Crippen LogP contribution in [0.5, 0.6) is 0 Å². The zero-order valence-electron chi connectivity index (χ0n) is 9.69. The first-order valence-corrected chi connectivity index (χ1v) is 5.55. The first-order valence-electron chi connectivity index (χ1n) is 5.55. The summed E-state index contributed by atoms with van der Waals surface area (Å²) in [4.78, 5) is 4.03. The van der Waals surface area contributed by atoms with E-state index in [9.17, 15) is 0 Å². The summed E-state index contributed by atoms with van der Waals surface area (Å²) in [6, 6.07) is 1.01. The van der Waals surface area contributed by atoms with Crippen molar-refractivity contribution in [2.45, 2.75) is 45.3 Å². The molecule has 0 saturated heterocycles. The minimum Gasteiger partial charge on any atom is -0.336 e. The Labute approximate surface area is 92.2 Å². The summed E-state index contributed by atoms with van der Waals surface area (Å²) in [5.74, 6) is 0. The molecule has 1 aromatic heterocycles. The Morgan fingerprint density at radius 1 is 1.47 bits per heavy atom. The number of allylic oxidation sites excluding steroid dienone is 1. The van der Waals surface area contributed by atoms with Gasteiger partial charge in [-0.1, -0.05) is 6.08 Å². The highest BCUT2D eigenvalue weighted by molar-refractivity contribution is 4.78. The van der Waals surface area contributed by atoms with E-state index in [0.29, 0.717) is 12.1 Å². The maximum atomic E-state index is 4.03. The normalized spacial score (nSPS) is 14.8. The summed E-state index contributed by atoms with van der Waals surface area (Å²) >= 11 is 0. The molecule has 0 bridgehead atoms. The number of nitrogens with one attached hydrogen (secondary N) is 1. The van der Waals surface area contributed by atoms with Crippen molar-refractivity contribution in [1.82, 2.24) is 14.9 Å². The second kappa shape index (κ2) is 6.40. The molecule has 3 nitrogen and oxygen atoms in total. The fraction of sp³-hybridized carbons (Fsp3) is 0.583. The van der Waals surface area contributed by atoms with E-state index in [1.165, 1.54) is 0 Å². The quantitative estimate of drug-likeness (QED) is 0.695. The third kappa shape index (κ3) is 4.79. The molecule has 0 aliphatic carbocycles. The lowest BCUT2D eigenvalue weighted by Crippen LogP contribution is -2.37. The lowest BCUT2D eigenvalue weighted by Gasteiger charge is -2.19. The van der Waals surface area contributed by atoms with Crippen molar-refractivity contribution in [2.75, 3.05) is 0 Å². The van der Waals surface area contributed by atoms with Crippen molar-refractivity contribution >= 4 is 0 Å². The summed E-state index contributed by atoms with van der Waals surface area (Å²) in [6.45, 7) is 9.12. The fourth-order valence-electron chi connectivity index (χ4n) is 1.70. The predicted octanol–water partition coefficient (Wildman–Crippen LogP) is 2.22. The lowest BCUT2D eigenvalue weighted by molar-refractivity contribution is 0.410. The second-order valence-electron chi connectivity index (χ2n) is 4.09. The molecule has 0 aliphatic rings. The topological polar surface area (TPSA) is 29.9 Å². The van der Waals surface area contributed by atoms with Crippen LogP contribution in [0.3, 0.4) is 0 Å². The maximum absolute atomic E-state index is 4.03. The third-order valence-corrected chi connectivity index (χ3v) is 2.42. The van der Waals surface area contributed by atoms with Gasteiger partial charge in [0.15, 0.2) is 0 Å². The molecular weight excluding hydrogens is 186 g/mol. The Hall–Kier alpha value is -1.09. The molecule has 0 spiro atoms. The van der Waals surface area contributed by atoms with Gasteiger partial charge in [-0.15, -0.1) is 6.58 Å². The molecule has 1 N–H and O–H groups in total. The van der Waals surface area contributed by atoms with Crippen LogP contribution >= 0.6 is 0 Å². The highest BCUT2D eigenvalue weighted by Gasteiger charge is 2.06. The van der Waals surface area contributed by atoms with Crippen LogP contribution < -0.4 is 5.32 Å². The maximum Gasteiger partial charge on any atom is 0.0946 e. The van der Waals surface area contributed by atoms with E-state index in [4.69, 9.17) is 0 Å². The van der Waals surface area contributed by atoms with Crippen LogP contribution in [0.4, 0.5) is 0 Å². The van der Waals surface area contributed by atoms with Crippen molar-refractivity contribution in [3.63, 3.8) is 0 Å². The number of hydrogen-bond donors (Lipinski definition) is 1. The van der Waals surface area contributed by atoms with E-state index in [2.05, 4.69) is 35.3 Å².